The SMILES string of the molecule is Cc1cccc(N(c2cccc(C)c2)c2ccc3sc4cc5cc6sc7ccc(N(c8cccc(C)c8)c8cccc(C)c8)cc7c6cc5cc4c3c2)c1. The summed E-state index contributed by atoms with van der Waals surface area (Å²) >= 11 is 3.77. The molecule has 0 atom stereocenters. The summed E-state index contributed by atoms with van der Waals surface area (Å²) in [6.07, 6.45) is 0. The van der Waals surface area contributed by atoms with Gasteiger partial charge in [-0.25, -0.2) is 0 Å². The maximum Gasteiger partial charge on any atom is 0.0468 e. The lowest BCUT2D eigenvalue weighted by Crippen LogP contribution is -2.10. The lowest BCUT2D eigenvalue weighted by atomic mass is 10.0. The van der Waals surface area contributed by atoms with E-state index in [1.807, 2.05) is 22.7 Å². The Balaban J connectivity index is 1.13. The zero-order valence-electron chi connectivity index (χ0n) is 30.7. The number of hydrogen-bond acceptors (Lipinski definition) is 4. The third-order valence-electron chi connectivity index (χ3n) is 10.5. The van der Waals surface area contributed by atoms with Crippen molar-refractivity contribution in [1.82, 2.24) is 0 Å². The number of fused-ring (bicyclic) bond motifs is 7. The van der Waals surface area contributed by atoms with E-state index in [4.69, 9.17) is 0 Å². The third-order valence-corrected chi connectivity index (χ3v) is 12.8. The van der Waals surface area contributed by atoms with Gasteiger partial charge in [0.05, 0.1) is 0 Å². The van der Waals surface area contributed by atoms with Gasteiger partial charge < -0.3 is 9.80 Å². The highest BCUT2D eigenvalue weighted by Gasteiger charge is 2.18. The van der Waals surface area contributed by atoms with Crippen molar-refractivity contribution < 1.29 is 0 Å². The fraction of sp³-hybridized carbons (Fsp3) is 0.0800. The van der Waals surface area contributed by atoms with Gasteiger partial charge in [-0.15, -0.1) is 22.7 Å². The second-order valence-corrected chi connectivity index (χ2v) is 16.8. The van der Waals surface area contributed by atoms with Gasteiger partial charge in [0, 0.05) is 74.5 Å². The molecule has 2 nitrogen and oxygen atoms in total. The number of hydrogen-bond donors (Lipinski definition) is 0. The summed E-state index contributed by atoms with van der Waals surface area (Å²) in [4.78, 5) is 4.78. The van der Waals surface area contributed by atoms with Gasteiger partial charge in [-0.3, -0.25) is 0 Å². The zero-order chi connectivity index (χ0) is 36.5. The fourth-order valence-corrected chi connectivity index (χ4v) is 10.2. The molecular weight excluding hydrogens is 693 g/mol. The monoisotopic (exact) mass is 730 g/mol. The summed E-state index contributed by atoms with van der Waals surface area (Å²) in [6.45, 7) is 8.66. The van der Waals surface area contributed by atoms with Crippen LogP contribution in [0.2, 0.25) is 0 Å². The molecule has 4 heteroatoms. The first-order valence-corrected chi connectivity index (χ1v) is 20.1. The van der Waals surface area contributed by atoms with Crippen molar-refractivity contribution in [2.75, 3.05) is 9.80 Å². The molecule has 8 aromatic carbocycles. The first-order chi connectivity index (χ1) is 26.3. The average Bonchev–Trinajstić information content (AvgIpc) is 3.70. The third kappa shape index (κ3) is 5.70. The van der Waals surface area contributed by atoms with Crippen molar-refractivity contribution in [3.05, 3.63) is 180 Å². The molecule has 2 heterocycles. The molecule has 0 aliphatic carbocycles. The Morgan fingerprint density at radius 3 is 0.963 bits per heavy atom. The summed E-state index contributed by atoms with van der Waals surface area (Å²) in [5.41, 5.74) is 12.0. The van der Waals surface area contributed by atoms with Crippen LogP contribution in [-0.4, -0.2) is 0 Å². The van der Waals surface area contributed by atoms with Gasteiger partial charge in [0.15, 0.2) is 0 Å². The van der Waals surface area contributed by atoms with Gasteiger partial charge in [-0.2, -0.15) is 0 Å². The molecule has 0 bridgehead atoms. The molecule has 0 aliphatic heterocycles. The Labute approximate surface area is 323 Å². The van der Waals surface area contributed by atoms with E-state index >= 15 is 0 Å². The largest absolute Gasteiger partial charge is 0.310 e. The van der Waals surface area contributed by atoms with Crippen LogP contribution >= 0.6 is 22.7 Å². The van der Waals surface area contributed by atoms with Crippen LogP contribution in [0.4, 0.5) is 34.1 Å². The predicted molar refractivity (Wildman–Crippen MR) is 238 cm³/mol. The Morgan fingerprint density at radius 1 is 0.296 bits per heavy atom. The van der Waals surface area contributed by atoms with E-state index in [0.29, 0.717) is 0 Å². The molecule has 0 spiro atoms. The molecule has 0 amide bonds. The lowest BCUT2D eigenvalue weighted by molar-refractivity contribution is 1.26. The summed E-state index contributed by atoms with van der Waals surface area (Å²) in [5, 5.41) is 7.77. The molecule has 0 saturated carbocycles. The molecule has 54 heavy (non-hydrogen) atoms. The van der Waals surface area contributed by atoms with Crippen LogP contribution < -0.4 is 9.80 Å². The number of thiophene rings is 2. The summed E-state index contributed by atoms with van der Waals surface area (Å²) in [5.74, 6) is 0. The lowest BCUT2D eigenvalue weighted by Gasteiger charge is -2.26. The highest BCUT2D eigenvalue weighted by Crippen LogP contribution is 2.45. The number of anilines is 6. The first-order valence-electron chi connectivity index (χ1n) is 18.5. The molecular formula is C50H38N2S2. The first kappa shape index (κ1) is 32.7. The van der Waals surface area contributed by atoms with E-state index in [-0.39, 0.29) is 0 Å². The minimum Gasteiger partial charge on any atom is -0.310 e. The standard InChI is InChI=1S/C50H38N2S2/c1-31-9-5-13-37(21-31)51(38-14-6-10-32(2)22-38)41-17-19-47-45(29-41)43-25-35-26-44-46-30-42(18-20-48(46)54-50(44)28-36(35)27-49(43)53-47)52(39-15-7-11-33(3)23-39)40-16-8-12-34(4)24-40/h5-30H,1-4H3. The van der Waals surface area contributed by atoms with Crippen LogP contribution in [-0.2, 0) is 0 Å². The summed E-state index contributed by atoms with van der Waals surface area (Å²) < 4.78 is 5.26. The topological polar surface area (TPSA) is 6.48 Å². The van der Waals surface area contributed by atoms with Crippen molar-refractivity contribution >= 4 is 108 Å². The molecule has 10 aromatic rings. The van der Waals surface area contributed by atoms with Crippen LogP contribution in [0.3, 0.4) is 0 Å². The van der Waals surface area contributed by atoms with Crippen LogP contribution in [0.5, 0.6) is 0 Å². The quantitative estimate of drug-likeness (QED) is 0.168. The highest BCUT2D eigenvalue weighted by atomic mass is 32.1. The van der Waals surface area contributed by atoms with Crippen molar-refractivity contribution in [2.24, 2.45) is 0 Å². The minimum absolute atomic E-state index is 1.16. The Bertz CT molecular complexity index is 2780. The molecule has 2 aromatic heterocycles. The van der Waals surface area contributed by atoms with Gasteiger partial charge in [0.2, 0.25) is 0 Å². The molecule has 0 unspecified atom stereocenters. The summed E-state index contributed by atoms with van der Waals surface area (Å²) in [6, 6.07) is 58.8. The average molecular weight is 731 g/mol. The number of aryl methyl sites for hydroxylation is 4. The molecule has 0 fully saturated rings. The molecule has 10 rings (SSSR count). The van der Waals surface area contributed by atoms with Crippen LogP contribution in [0, 0.1) is 27.7 Å². The Hall–Kier alpha value is -5.94. The van der Waals surface area contributed by atoms with E-state index in [2.05, 4.69) is 195 Å². The maximum atomic E-state index is 2.43. The van der Waals surface area contributed by atoms with Crippen LogP contribution in [0.25, 0.3) is 51.1 Å². The van der Waals surface area contributed by atoms with E-state index in [1.54, 1.807) is 0 Å². The molecule has 260 valence electrons. The van der Waals surface area contributed by atoms with Gasteiger partial charge in [0.1, 0.15) is 0 Å². The smallest absolute Gasteiger partial charge is 0.0468 e. The predicted octanol–water partition coefficient (Wildman–Crippen LogP) is 15.7. The summed E-state index contributed by atoms with van der Waals surface area (Å²) in [7, 11) is 0. The van der Waals surface area contributed by atoms with Gasteiger partial charge in [-0.1, -0.05) is 48.5 Å². The number of nitrogens with zero attached hydrogens (tertiary/aromatic N) is 2. The van der Waals surface area contributed by atoms with E-state index < -0.39 is 0 Å². The molecule has 0 aliphatic rings. The van der Waals surface area contributed by atoms with Crippen LogP contribution in [0.1, 0.15) is 22.3 Å². The van der Waals surface area contributed by atoms with Crippen molar-refractivity contribution in [3.63, 3.8) is 0 Å². The molecule has 0 radical (unpaired) electrons. The normalized spacial score (nSPS) is 11.7. The Morgan fingerprint density at radius 2 is 0.611 bits per heavy atom. The zero-order valence-corrected chi connectivity index (χ0v) is 32.4. The van der Waals surface area contributed by atoms with Crippen molar-refractivity contribution in [1.29, 1.82) is 0 Å². The molecule has 0 N–H and O–H groups in total. The highest BCUT2D eigenvalue weighted by molar-refractivity contribution is 7.26. The van der Waals surface area contributed by atoms with E-state index in [0.717, 1.165) is 11.4 Å². The second-order valence-electron chi connectivity index (χ2n) is 14.6. The van der Waals surface area contributed by atoms with Gasteiger partial charge in [0.25, 0.3) is 0 Å². The minimum atomic E-state index is 1.16. The maximum absolute atomic E-state index is 2.43. The fourth-order valence-electron chi connectivity index (χ4n) is 8.01. The molecule has 0 saturated heterocycles. The number of benzene rings is 8. The van der Waals surface area contributed by atoms with Crippen molar-refractivity contribution in [2.45, 2.75) is 27.7 Å². The second kappa shape index (κ2) is 12.9. The van der Waals surface area contributed by atoms with E-state index in [1.165, 1.54) is 96.1 Å². The number of rotatable bonds is 6. The Kier molecular flexibility index (Phi) is 7.79. The van der Waals surface area contributed by atoms with Gasteiger partial charge >= 0.3 is 0 Å². The van der Waals surface area contributed by atoms with Crippen molar-refractivity contribution in [3.8, 4) is 0 Å². The van der Waals surface area contributed by atoms with Crippen LogP contribution in [0.15, 0.2) is 158 Å². The van der Waals surface area contributed by atoms with Gasteiger partial charge in [-0.05, 0) is 170 Å². The van der Waals surface area contributed by atoms with E-state index in [9.17, 15) is 0 Å².